The summed E-state index contributed by atoms with van der Waals surface area (Å²) in [5.41, 5.74) is 7.53. The van der Waals surface area contributed by atoms with Crippen LogP contribution in [0.25, 0.3) is 105 Å². The second-order valence-corrected chi connectivity index (χ2v) is 13.3. The molecule has 11 aromatic rings. The maximum absolute atomic E-state index is 6.80. The standard InChI is InChI=1S/C47H28N4O/c1-3-13-29(14-4-1)45-48-46(30-15-5-2-6-16-30)50-47(49-45)39-27-35(28-43-44(39)38-24-32-18-8-10-20-34(32)26-42(38)52-43)51-40-22-12-11-21-36(40)37-23-31-17-7-9-19-33(31)25-41(37)51/h1-28H. The van der Waals surface area contributed by atoms with Crippen molar-refractivity contribution in [2.24, 2.45) is 0 Å². The Bertz CT molecular complexity index is 3120. The van der Waals surface area contributed by atoms with Crippen molar-refractivity contribution in [1.82, 2.24) is 19.5 Å². The minimum atomic E-state index is 0.585. The fourth-order valence-corrected chi connectivity index (χ4v) is 7.74. The van der Waals surface area contributed by atoms with Crippen molar-refractivity contribution >= 4 is 65.3 Å². The van der Waals surface area contributed by atoms with Gasteiger partial charge in [0.15, 0.2) is 17.5 Å². The van der Waals surface area contributed by atoms with Gasteiger partial charge in [0, 0.05) is 44.3 Å². The average molecular weight is 665 g/mol. The Labute approximate surface area is 298 Å². The van der Waals surface area contributed by atoms with Crippen molar-refractivity contribution in [1.29, 1.82) is 0 Å². The number of rotatable bonds is 4. The van der Waals surface area contributed by atoms with Gasteiger partial charge in [-0.15, -0.1) is 0 Å². The Morgan fingerprint density at radius 3 is 1.60 bits per heavy atom. The first-order valence-electron chi connectivity index (χ1n) is 17.4. The second kappa shape index (κ2) is 11.2. The van der Waals surface area contributed by atoms with E-state index in [1.807, 2.05) is 60.7 Å². The monoisotopic (exact) mass is 664 g/mol. The summed E-state index contributed by atoms with van der Waals surface area (Å²) >= 11 is 0. The summed E-state index contributed by atoms with van der Waals surface area (Å²) in [4.78, 5) is 15.4. The van der Waals surface area contributed by atoms with E-state index in [2.05, 4.69) is 114 Å². The fourth-order valence-electron chi connectivity index (χ4n) is 7.74. The highest BCUT2D eigenvalue weighted by atomic mass is 16.3. The van der Waals surface area contributed by atoms with Gasteiger partial charge in [0.1, 0.15) is 11.2 Å². The number of aromatic nitrogens is 4. The maximum atomic E-state index is 6.80. The molecule has 5 nitrogen and oxygen atoms in total. The third kappa shape index (κ3) is 4.46. The largest absolute Gasteiger partial charge is 0.456 e. The van der Waals surface area contributed by atoms with E-state index in [0.717, 1.165) is 66.1 Å². The van der Waals surface area contributed by atoms with E-state index in [9.17, 15) is 0 Å². The molecule has 0 saturated carbocycles. The Balaban J connectivity index is 1.27. The van der Waals surface area contributed by atoms with Gasteiger partial charge in [-0.3, -0.25) is 0 Å². The normalized spacial score (nSPS) is 11.8. The fraction of sp³-hybridized carbons (Fsp3) is 0. The van der Waals surface area contributed by atoms with Crippen molar-refractivity contribution in [2.75, 3.05) is 0 Å². The second-order valence-electron chi connectivity index (χ2n) is 13.3. The van der Waals surface area contributed by atoms with E-state index < -0.39 is 0 Å². The predicted octanol–water partition coefficient (Wildman–Crippen LogP) is 12.2. The molecule has 8 aromatic carbocycles. The van der Waals surface area contributed by atoms with Gasteiger partial charge in [0.05, 0.1) is 16.7 Å². The van der Waals surface area contributed by atoms with Crippen LogP contribution in [0.2, 0.25) is 0 Å². The summed E-state index contributed by atoms with van der Waals surface area (Å²) in [6.45, 7) is 0. The molecular formula is C47H28N4O. The number of hydrogen-bond donors (Lipinski definition) is 0. The average Bonchev–Trinajstić information content (AvgIpc) is 3.73. The van der Waals surface area contributed by atoms with Crippen LogP contribution in [0.3, 0.4) is 0 Å². The maximum Gasteiger partial charge on any atom is 0.164 e. The quantitative estimate of drug-likeness (QED) is 0.188. The van der Waals surface area contributed by atoms with Crippen LogP contribution in [0, 0.1) is 0 Å². The topological polar surface area (TPSA) is 56.7 Å². The van der Waals surface area contributed by atoms with Crippen LogP contribution in [0.1, 0.15) is 0 Å². The molecular weight excluding hydrogens is 637 g/mol. The van der Waals surface area contributed by atoms with Gasteiger partial charge in [-0.1, -0.05) is 127 Å². The van der Waals surface area contributed by atoms with Crippen molar-refractivity contribution in [3.05, 3.63) is 170 Å². The zero-order valence-electron chi connectivity index (χ0n) is 27.9. The first-order valence-corrected chi connectivity index (χ1v) is 17.4. The van der Waals surface area contributed by atoms with Gasteiger partial charge < -0.3 is 8.98 Å². The highest BCUT2D eigenvalue weighted by Crippen LogP contribution is 2.42. The molecule has 0 amide bonds. The Kier molecular flexibility index (Phi) is 6.18. The lowest BCUT2D eigenvalue weighted by Gasteiger charge is -2.13. The zero-order chi connectivity index (χ0) is 34.2. The van der Waals surface area contributed by atoms with Crippen LogP contribution in [0.15, 0.2) is 174 Å². The highest BCUT2D eigenvalue weighted by molar-refractivity contribution is 6.17. The van der Waals surface area contributed by atoms with E-state index in [1.54, 1.807) is 0 Å². The number of para-hydroxylation sites is 1. The lowest BCUT2D eigenvalue weighted by Crippen LogP contribution is -2.01. The molecule has 0 atom stereocenters. The number of furan rings is 1. The van der Waals surface area contributed by atoms with E-state index in [1.165, 1.54) is 21.5 Å². The van der Waals surface area contributed by atoms with Gasteiger partial charge >= 0.3 is 0 Å². The molecule has 3 heterocycles. The molecule has 3 aromatic heterocycles. The third-order valence-corrected chi connectivity index (χ3v) is 10.2. The Morgan fingerprint density at radius 2 is 0.923 bits per heavy atom. The van der Waals surface area contributed by atoms with Crippen LogP contribution in [0.5, 0.6) is 0 Å². The van der Waals surface area contributed by atoms with Crippen molar-refractivity contribution in [2.45, 2.75) is 0 Å². The van der Waals surface area contributed by atoms with Crippen LogP contribution in [-0.4, -0.2) is 19.5 Å². The lowest BCUT2D eigenvalue weighted by molar-refractivity contribution is 0.669. The molecule has 11 rings (SSSR count). The molecule has 0 saturated heterocycles. The highest BCUT2D eigenvalue weighted by Gasteiger charge is 2.22. The zero-order valence-corrected chi connectivity index (χ0v) is 27.9. The van der Waals surface area contributed by atoms with Crippen molar-refractivity contribution < 1.29 is 4.42 Å². The number of benzene rings is 8. The summed E-state index contributed by atoms with van der Waals surface area (Å²) in [6, 6.07) is 59.2. The van der Waals surface area contributed by atoms with Crippen LogP contribution >= 0.6 is 0 Å². The molecule has 242 valence electrons. The number of nitrogens with zero attached hydrogens (tertiary/aromatic N) is 4. The van der Waals surface area contributed by atoms with Gasteiger partial charge in [-0.25, -0.2) is 15.0 Å². The Hall–Kier alpha value is -7.11. The molecule has 52 heavy (non-hydrogen) atoms. The smallest absolute Gasteiger partial charge is 0.164 e. The first-order chi connectivity index (χ1) is 25.7. The molecule has 0 unspecified atom stereocenters. The summed E-state index contributed by atoms with van der Waals surface area (Å²) in [6.07, 6.45) is 0. The number of hydrogen-bond acceptors (Lipinski definition) is 4. The summed E-state index contributed by atoms with van der Waals surface area (Å²) in [5.74, 6) is 1.82. The van der Waals surface area contributed by atoms with Crippen molar-refractivity contribution in [3.8, 4) is 39.9 Å². The van der Waals surface area contributed by atoms with Gasteiger partial charge in [-0.05, 0) is 57.9 Å². The first kappa shape index (κ1) is 28.7. The van der Waals surface area contributed by atoms with Gasteiger partial charge in [0.25, 0.3) is 0 Å². The molecule has 0 fully saturated rings. The van der Waals surface area contributed by atoms with E-state index in [0.29, 0.717) is 17.5 Å². The third-order valence-electron chi connectivity index (χ3n) is 10.2. The van der Waals surface area contributed by atoms with Crippen LogP contribution < -0.4 is 0 Å². The van der Waals surface area contributed by atoms with Gasteiger partial charge in [0.2, 0.25) is 0 Å². The molecule has 0 aliphatic rings. The number of fused-ring (bicyclic) bond motifs is 8. The molecule has 0 radical (unpaired) electrons. The van der Waals surface area contributed by atoms with E-state index >= 15 is 0 Å². The van der Waals surface area contributed by atoms with Crippen LogP contribution in [0.4, 0.5) is 0 Å². The van der Waals surface area contributed by atoms with E-state index in [-0.39, 0.29) is 0 Å². The van der Waals surface area contributed by atoms with Crippen LogP contribution in [-0.2, 0) is 0 Å². The SMILES string of the molecule is c1ccc(-c2nc(-c3ccccc3)nc(-c3cc(-n4c5ccccc5c5cc6ccccc6cc54)cc4oc5cc6ccccc6cc5c34)n2)cc1. The molecule has 0 spiro atoms. The molecule has 0 aliphatic heterocycles. The van der Waals surface area contributed by atoms with E-state index in [4.69, 9.17) is 19.4 Å². The summed E-state index contributed by atoms with van der Waals surface area (Å²) in [7, 11) is 0. The van der Waals surface area contributed by atoms with Gasteiger partial charge in [-0.2, -0.15) is 0 Å². The Morgan fingerprint density at radius 1 is 0.385 bits per heavy atom. The minimum Gasteiger partial charge on any atom is -0.456 e. The molecule has 5 heteroatoms. The lowest BCUT2D eigenvalue weighted by atomic mass is 10.0. The molecule has 0 N–H and O–H groups in total. The summed E-state index contributed by atoms with van der Waals surface area (Å²) in [5, 5.41) is 9.06. The predicted molar refractivity (Wildman–Crippen MR) is 213 cm³/mol. The molecule has 0 bridgehead atoms. The summed E-state index contributed by atoms with van der Waals surface area (Å²) < 4.78 is 9.15. The molecule has 0 aliphatic carbocycles. The minimum absolute atomic E-state index is 0.585. The van der Waals surface area contributed by atoms with Crippen molar-refractivity contribution in [3.63, 3.8) is 0 Å².